The normalized spacial score (nSPS) is 17.9. The summed E-state index contributed by atoms with van der Waals surface area (Å²) >= 11 is 0. The Morgan fingerprint density at radius 1 is 0.875 bits per heavy atom. The lowest BCUT2D eigenvalue weighted by Gasteiger charge is -2.34. The summed E-state index contributed by atoms with van der Waals surface area (Å²) in [5.41, 5.74) is 8.67. The highest BCUT2D eigenvalue weighted by Gasteiger charge is 2.29. The fourth-order valence-corrected chi connectivity index (χ4v) is 7.88. The van der Waals surface area contributed by atoms with Gasteiger partial charge in [-0.2, -0.15) is 0 Å². The van der Waals surface area contributed by atoms with Crippen LogP contribution >= 0.6 is 0 Å². The number of nitrogens with zero attached hydrogens (tertiary/aromatic N) is 1. The zero-order valence-corrected chi connectivity index (χ0v) is 29.6. The number of hydrogen-bond acceptors (Lipinski definition) is 5. The molecule has 266 valence electrons. The van der Waals surface area contributed by atoms with E-state index >= 15 is 0 Å². The van der Waals surface area contributed by atoms with Gasteiger partial charge in [-0.3, -0.25) is 4.79 Å². The van der Waals surface area contributed by atoms with Crippen molar-refractivity contribution >= 4 is 11.9 Å². The smallest absolute Gasteiger partial charge is 0.338 e. The van der Waals surface area contributed by atoms with E-state index in [-0.39, 0.29) is 12.3 Å². The fourth-order valence-electron chi connectivity index (χ4n) is 7.88. The molecular formula is C40H59F2N3O3. The third-order valence-corrected chi connectivity index (χ3v) is 10.4. The topological polar surface area (TPSA) is 84.7 Å². The maximum absolute atomic E-state index is 14.1. The summed E-state index contributed by atoms with van der Waals surface area (Å²) in [6.07, 6.45) is 16.1. The second kappa shape index (κ2) is 19.4. The number of aryl methyl sites for hydroxylation is 1. The van der Waals surface area contributed by atoms with Crippen molar-refractivity contribution in [1.82, 2.24) is 10.2 Å². The largest absolute Gasteiger partial charge is 0.456 e. The standard InChI is InChI=1S/C40H59F2N3O3/c1-4-18-45(19-5-2)39(46)32-20-28(3)21-33(25-32)40(47)48-38(36(43)24-30-22-34(41)26-35(42)23-30)27-44-37(31-14-10-7-11-15-31)17-16-29-12-8-6-9-13-29/h20-23,25-26,29,31,36-38,44H,4-19,24,27,43H2,1-3H3/t36-,37?,38+/m0/s1. The molecule has 2 aliphatic rings. The lowest BCUT2D eigenvalue weighted by molar-refractivity contribution is 0.0221. The molecule has 4 rings (SSSR count). The van der Waals surface area contributed by atoms with Crippen LogP contribution in [0.15, 0.2) is 36.4 Å². The second-order valence-electron chi connectivity index (χ2n) is 14.5. The number of esters is 1. The van der Waals surface area contributed by atoms with Crippen molar-refractivity contribution < 1.29 is 23.1 Å². The molecule has 6 nitrogen and oxygen atoms in total. The first kappa shape index (κ1) is 38.0. The van der Waals surface area contributed by atoms with Gasteiger partial charge in [-0.1, -0.05) is 65.2 Å². The van der Waals surface area contributed by atoms with Gasteiger partial charge in [0.25, 0.3) is 5.91 Å². The van der Waals surface area contributed by atoms with Crippen molar-refractivity contribution in [2.45, 2.75) is 135 Å². The summed E-state index contributed by atoms with van der Waals surface area (Å²) in [6, 6.07) is 8.14. The van der Waals surface area contributed by atoms with Gasteiger partial charge in [0.05, 0.1) is 5.56 Å². The number of ether oxygens (including phenoxy) is 1. The third kappa shape index (κ3) is 11.6. The van der Waals surface area contributed by atoms with E-state index < -0.39 is 29.7 Å². The monoisotopic (exact) mass is 667 g/mol. The number of benzene rings is 2. The SMILES string of the molecule is CCCN(CCC)C(=O)c1cc(C)cc(C(=O)O[C@H](CNC(CCC2CCCCC2)C2CCCCC2)[C@@H](N)Cc2cc(F)cc(F)c2)c1. The molecule has 0 aliphatic heterocycles. The predicted molar refractivity (Wildman–Crippen MR) is 189 cm³/mol. The number of nitrogens with one attached hydrogen (secondary N) is 1. The highest BCUT2D eigenvalue weighted by molar-refractivity contribution is 5.98. The Labute approximate surface area is 287 Å². The van der Waals surface area contributed by atoms with Gasteiger partial charge >= 0.3 is 5.97 Å². The number of nitrogens with two attached hydrogens (primary N) is 1. The average molecular weight is 668 g/mol. The maximum atomic E-state index is 14.1. The molecule has 2 fully saturated rings. The van der Waals surface area contributed by atoms with E-state index in [1.54, 1.807) is 12.1 Å². The molecule has 8 heteroatoms. The van der Waals surface area contributed by atoms with Gasteiger partial charge in [-0.25, -0.2) is 13.6 Å². The van der Waals surface area contributed by atoms with Gasteiger partial charge < -0.3 is 20.7 Å². The Balaban J connectivity index is 1.54. The van der Waals surface area contributed by atoms with E-state index in [1.165, 1.54) is 82.8 Å². The van der Waals surface area contributed by atoms with Gasteiger partial charge in [0.15, 0.2) is 0 Å². The van der Waals surface area contributed by atoms with Gasteiger partial charge in [0.1, 0.15) is 17.7 Å². The molecule has 3 atom stereocenters. The highest BCUT2D eigenvalue weighted by Crippen LogP contribution is 2.32. The number of carbonyl (C=O) groups is 2. The molecule has 0 aromatic heterocycles. The van der Waals surface area contributed by atoms with Crippen LogP contribution in [0, 0.1) is 30.4 Å². The summed E-state index contributed by atoms with van der Waals surface area (Å²) in [6.45, 7) is 7.58. The van der Waals surface area contributed by atoms with E-state index in [0.717, 1.165) is 36.8 Å². The minimum atomic E-state index is -0.749. The van der Waals surface area contributed by atoms with Crippen molar-refractivity contribution in [3.63, 3.8) is 0 Å². The van der Waals surface area contributed by atoms with Crippen LogP contribution in [0.2, 0.25) is 0 Å². The maximum Gasteiger partial charge on any atom is 0.338 e. The number of amides is 1. The summed E-state index contributed by atoms with van der Waals surface area (Å²) in [7, 11) is 0. The first-order valence-corrected chi connectivity index (χ1v) is 18.7. The Bertz CT molecular complexity index is 1280. The van der Waals surface area contributed by atoms with E-state index in [0.29, 0.717) is 48.3 Å². The molecule has 0 radical (unpaired) electrons. The zero-order valence-electron chi connectivity index (χ0n) is 29.6. The number of hydrogen-bond donors (Lipinski definition) is 2. The molecular weight excluding hydrogens is 608 g/mol. The Morgan fingerprint density at radius 3 is 2.10 bits per heavy atom. The molecule has 1 unspecified atom stereocenters. The van der Waals surface area contributed by atoms with Crippen LogP contribution in [0.25, 0.3) is 0 Å². The quantitative estimate of drug-likeness (QED) is 0.165. The number of rotatable bonds is 17. The fraction of sp³-hybridized carbons (Fsp3) is 0.650. The number of halogens is 2. The van der Waals surface area contributed by atoms with Crippen LogP contribution < -0.4 is 11.1 Å². The Morgan fingerprint density at radius 2 is 1.48 bits per heavy atom. The first-order chi connectivity index (χ1) is 23.2. The zero-order chi connectivity index (χ0) is 34.5. The van der Waals surface area contributed by atoms with Crippen LogP contribution in [0.3, 0.4) is 0 Å². The molecule has 0 spiro atoms. The third-order valence-electron chi connectivity index (χ3n) is 10.4. The van der Waals surface area contributed by atoms with Crippen LogP contribution in [-0.4, -0.2) is 54.6 Å². The van der Waals surface area contributed by atoms with Gasteiger partial charge in [0.2, 0.25) is 0 Å². The van der Waals surface area contributed by atoms with Crippen LogP contribution in [-0.2, 0) is 11.2 Å². The number of carbonyl (C=O) groups excluding carboxylic acids is 2. The minimum Gasteiger partial charge on any atom is -0.456 e. The van der Waals surface area contributed by atoms with Gasteiger partial charge in [-0.05, 0) is 105 Å². The average Bonchev–Trinajstić information content (AvgIpc) is 3.07. The molecule has 3 N–H and O–H groups in total. The van der Waals surface area contributed by atoms with E-state index in [2.05, 4.69) is 5.32 Å². The van der Waals surface area contributed by atoms with E-state index in [1.807, 2.05) is 31.7 Å². The van der Waals surface area contributed by atoms with Gasteiger partial charge in [0, 0.05) is 43.3 Å². The molecule has 0 heterocycles. The van der Waals surface area contributed by atoms with Crippen molar-refractivity contribution in [2.24, 2.45) is 17.6 Å². The second-order valence-corrected chi connectivity index (χ2v) is 14.5. The van der Waals surface area contributed by atoms with Crippen molar-refractivity contribution in [2.75, 3.05) is 19.6 Å². The summed E-state index contributed by atoms with van der Waals surface area (Å²) in [5, 5.41) is 3.79. The molecule has 2 aliphatic carbocycles. The van der Waals surface area contributed by atoms with Crippen LogP contribution in [0.4, 0.5) is 8.78 Å². The molecule has 2 saturated carbocycles. The lowest BCUT2D eigenvalue weighted by Crippen LogP contribution is -2.49. The summed E-state index contributed by atoms with van der Waals surface area (Å²) in [5.74, 6) is -0.662. The van der Waals surface area contributed by atoms with Crippen molar-refractivity contribution in [1.29, 1.82) is 0 Å². The van der Waals surface area contributed by atoms with Crippen LogP contribution in [0.5, 0.6) is 0 Å². The molecule has 2 aromatic carbocycles. The van der Waals surface area contributed by atoms with Crippen molar-refractivity contribution in [3.05, 3.63) is 70.3 Å². The molecule has 1 amide bonds. The van der Waals surface area contributed by atoms with Gasteiger partial charge in [-0.15, -0.1) is 0 Å². The predicted octanol–water partition coefficient (Wildman–Crippen LogP) is 8.53. The lowest BCUT2D eigenvalue weighted by atomic mass is 9.79. The highest BCUT2D eigenvalue weighted by atomic mass is 19.1. The van der Waals surface area contributed by atoms with E-state index in [4.69, 9.17) is 10.5 Å². The van der Waals surface area contributed by atoms with E-state index in [9.17, 15) is 18.4 Å². The summed E-state index contributed by atoms with van der Waals surface area (Å²) in [4.78, 5) is 29.0. The summed E-state index contributed by atoms with van der Waals surface area (Å²) < 4.78 is 34.4. The van der Waals surface area contributed by atoms with Crippen LogP contribution in [0.1, 0.15) is 136 Å². The molecule has 0 bridgehead atoms. The Hall–Kier alpha value is -2.84. The molecule has 2 aromatic rings. The Kier molecular flexibility index (Phi) is 15.3. The molecule has 0 saturated heterocycles. The minimum absolute atomic E-state index is 0.104. The molecule has 48 heavy (non-hydrogen) atoms. The van der Waals surface area contributed by atoms with Crippen molar-refractivity contribution in [3.8, 4) is 0 Å². The first-order valence-electron chi connectivity index (χ1n) is 18.7.